The summed E-state index contributed by atoms with van der Waals surface area (Å²) in [7, 11) is 0. The Morgan fingerprint density at radius 1 is 1.27 bits per heavy atom. The van der Waals surface area contributed by atoms with E-state index in [9.17, 15) is 0 Å². The van der Waals surface area contributed by atoms with Crippen LogP contribution < -0.4 is 10.5 Å². The molecule has 0 unspecified atom stereocenters. The highest BCUT2D eigenvalue weighted by Gasteiger charge is 2.39. The Bertz CT molecular complexity index is 623. The maximum absolute atomic E-state index is 6.23. The minimum atomic E-state index is -0.424. The zero-order chi connectivity index (χ0) is 15.4. The number of nitrogens with two attached hydrogens (primary N) is 1. The van der Waals surface area contributed by atoms with Crippen LogP contribution in [0.25, 0.3) is 11.5 Å². The van der Waals surface area contributed by atoms with Crippen molar-refractivity contribution in [1.82, 2.24) is 10.1 Å². The minimum Gasteiger partial charge on any atom is -0.490 e. The summed E-state index contributed by atoms with van der Waals surface area (Å²) in [4.78, 5) is 4.47. The van der Waals surface area contributed by atoms with Gasteiger partial charge in [-0.3, -0.25) is 0 Å². The van der Waals surface area contributed by atoms with E-state index in [2.05, 4.69) is 10.1 Å². The van der Waals surface area contributed by atoms with Crippen LogP contribution in [0.1, 0.15) is 32.0 Å². The summed E-state index contributed by atoms with van der Waals surface area (Å²) >= 11 is 0. The summed E-state index contributed by atoms with van der Waals surface area (Å²) in [6.45, 7) is 3.66. The van der Waals surface area contributed by atoms with E-state index in [0.29, 0.717) is 37.3 Å². The molecule has 0 radical (unpaired) electrons. The summed E-state index contributed by atoms with van der Waals surface area (Å²) in [5.74, 6) is 1.73. The fraction of sp³-hybridized carbons (Fsp3) is 0.500. The van der Waals surface area contributed by atoms with E-state index in [1.165, 1.54) is 0 Å². The predicted octanol–water partition coefficient (Wildman–Crippen LogP) is 2.49. The van der Waals surface area contributed by atoms with Gasteiger partial charge >= 0.3 is 0 Å². The molecule has 1 heterocycles. The third kappa shape index (κ3) is 2.98. The van der Waals surface area contributed by atoms with Crippen LogP contribution in [0.15, 0.2) is 28.8 Å². The van der Waals surface area contributed by atoms with Crippen molar-refractivity contribution in [2.75, 3.05) is 19.8 Å². The molecule has 6 nitrogen and oxygen atoms in total. The first-order valence-electron chi connectivity index (χ1n) is 7.66. The van der Waals surface area contributed by atoms with Crippen molar-refractivity contribution in [3.8, 4) is 17.2 Å². The van der Waals surface area contributed by atoms with E-state index in [1.807, 2.05) is 31.2 Å². The van der Waals surface area contributed by atoms with E-state index in [4.69, 9.17) is 19.7 Å². The van der Waals surface area contributed by atoms with Gasteiger partial charge in [-0.2, -0.15) is 4.98 Å². The summed E-state index contributed by atoms with van der Waals surface area (Å²) in [6, 6.07) is 7.60. The second-order valence-electron chi connectivity index (χ2n) is 5.47. The molecule has 0 saturated heterocycles. The van der Waals surface area contributed by atoms with E-state index in [-0.39, 0.29) is 0 Å². The van der Waals surface area contributed by atoms with Gasteiger partial charge in [0.1, 0.15) is 12.4 Å². The first kappa shape index (κ1) is 15.0. The Labute approximate surface area is 129 Å². The molecule has 0 spiro atoms. The highest BCUT2D eigenvalue weighted by atomic mass is 16.5. The first-order chi connectivity index (χ1) is 10.7. The summed E-state index contributed by atoms with van der Waals surface area (Å²) < 4.78 is 16.4. The Kier molecular flexibility index (Phi) is 4.40. The Morgan fingerprint density at radius 3 is 2.82 bits per heavy atom. The van der Waals surface area contributed by atoms with Gasteiger partial charge in [0.05, 0.1) is 17.7 Å². The van der Waals surface area contributed by atoms with Gasteiger partial charge in [-0.15, -0.1) is 0 Å². The SMILES string of the molecule is CCOCCOc1ccccc1-c1nc(C2(N)CCC2)no1. The third-order valence-corrected chi connectivity index (χ3v) is 3.92. The van der Waals surface area contributed by atoms with Crippen LogP contribution in [0, 0.1) is 0 Å². The van der Waals surface area contributed by atoms with Crippen LogP contribution in [0.3, 0.4) is 0 Å². The molecule has 2 N–H and O–H groups in total. The fourth-order valence-electron chi connectivity index (χ4n) is 2.44. The number of para-hydroxylation sites is 1. The van der Waals surface area contributed by atoms with Gasteiger partial charge in [0.15, 0.2) is 5.82 Å². The lowest BCUT2D eigenvalue weighted by molar-refractivity contribution is 0.110. The molecule has 6 heteroatoms. The zero-order valence-corrected chi connectivity index (χ0v) is 12.7. The molecule has 22 heavy (non-hydrogen) atoms. The van der Waals surface area contributed by atoms with Crippen LogP contribution in [0.4, 0.5) is 0 Å². The number of hydrogen-bond acceptors (Lipinski definition) is 6. The van der Waals surface area contributed by atoms with Crippen LogP contribution in [-0.4, -0.2) is 30.0 Å². The van der Waals surface area contributed by atoms with Gasteiger partial charge in [-0.25, -0.2) is 0 Å². The molecule has 0 bridgehead atoms. The number of aromatic nitrogens is 2. The van der Waals surface area contributed by atoms with Crippen LogP contribution in [-0.2, 0) is 10.3 Å². The lowest BCUT2D eigenvalue weighted by atomic mass is 9.77. The molecule has 2 aromatic rings. The Hall–Kier alpha value is -1.92. The second kappa shape index (κ2) is 6.46. The van der Waals surface area contributed by atoms with Crippen molar-refractivity contribution < 1.29 is 14.0 Å². The van der Waals surface area contributed by atoms with E-state index in [1.54, 1.807) is 0 Å². The highest BCUT2D eigenvalue weighted by Crippen LogP contribution is 2.38. The highest BCUT2D eigenvalue weighted by molar-refractivity contribution is 5.62. The van der Waals surface area contributed by atoms with E-state index >= 15 is 0 Å². The number of benzene rings is 1. The second-order valence-corrected chi connectivity index (χ2v) is 5.47. The predicted molar refractivity (Wildman–Crippen MR) is 81.4 cm³/mol. The number of ether oxygens (including phenoxy) is 2. The van der Waals surface area contributed by atoms with Gasteiger partial charge in [-0.05, 0) is 38.3 Å². The van der Waals surface area contributed by atoms with Crippen molar-refractivity contribution in [2.24, 2.45) is 5.73 Å². The molecular weight excluding hydrogens is 282 g/mol. The van der Waals surface area contributed by atoms with Crippen molar-refractivity contribution in [3.05, 3.63) is 30.1 Å². The third-order valence-electron chi connectivity index (χ3n) is 3.92. The molecule has 1 aromatic heterocycles. The average Bonchev–Trinajstić information content (AvgIpc) is 3.00. The molecule has 3 rings (SSSR count). The minimum absolute atomic E-state index is 0.424. The molecule has 1 saturated carbocycles. The maximum Gasteiger partial charge on any atom is 0.261 e. The fourth-order valence-corrected chi connectivity index (χ4v) is 2.44. The quantitative estimate of drug-likeness (QED) is 0.791. The van der Waals surface area contributed by atoms with Gasteiger partial charge in [0.25, 0.3) is 5.89 Å². The van der Waals surface area contributed by atoms with Crippen LogP contribution in [0.5, 0.6) is 5.75 Å². The van der Waals surface area contributed by atoms with Gasteiger partial charge in [0.2, 0.25) is 0 Å². The normalized spacial score (nSPS) is 16.3. The first-order valence-corrected chi connectivity index (χ1v) is 7.66. The van der Waals surface area contributed by atoms with Crippen molar-refractivity contribution >= 4 is 0 Å². The Balaban J connectivity index is 1.76. The monoisotopic (exact) mass is 303 g/mol. The van der Waals surface area contributed by atoms with Crippen LogP contribution in [0.2, 0.25) is 0 Å². The molecule has 1 fully saturated rings. The molecule has 1 aliphatic carbocycles. The van der Waals surface area contributed by atoms with Gasteiger partial charge in [0, 0.05) is 6.61 Å². The lowest BCUT2D eigenvalue weighted by Crippen LogP contribution is -2.44. The topological polar surface area (TPSA) is 83.4 Å². The molecule has 118 valence electrons. The smallest absolute Gasteiger partial charge is 0.261 e. The summed E-state index contributed by atoms with van der Waals surface area (Å²) in [5, 5.41) is 4.05. The molecule has 0 aliphatic heterocycles. The number of nitrogens with zero attached hydrogens (tertiary/aromatic N) is 2. The van der Waals surface area contributed by atoms with Crippen molar-refractivity contribution in [2.45, 2.75) is 31.7 Å². The number of hydrogen-bond donors (Lipinski definition) is 1. The zero-order valence-electron chi connectivity index (χ0n) is 12.7. The van der Waals surface area contributed by atoms with E-state index < -0.39 is 5.54 Å². The lowest BCUT2D eigenvalue weighted by Gasteiger charge is -2.34. The van der Waals surface area contributed by atoms with E-state index in [0.717, 1.165) is 24.8 Å². The molecule has 0 amide bonds. The average molecular weight is 303 g/mol. The standard InChI is InChI=1S/C16H21N3O3/c1-2-20-10-11-21-13-7-4-3-6-12(13)14-18-15(19-22-14)16(17)8-5-9-16/h3-4,6-7H,2,5,8-11,17H2,1H3. The molecular formula is C16H21N3O3. The molecule has 0 atom stereocenters. The summed E-state index contributed by atoms with van der Waals surface area (Å²) in [5.41, 5.74) is 6.59. The maximum atomic E-state index is 6.23. The van der Waals surface area contributed by atoms with Crippen molar-refractivity contribution in [3.63, 3.8) is 0 Å². The van der Waals surface area contributed by atoms with Gasteiger partial charge < -0.3 is 19.7 Å². The summed E-state index contributed by atoms with van der Waals surface area (Å²) in [6.07, 6.45) is 2.91. The molecule has 1 aliphatic rings. The Morgan fingerprint density at radius 2 is 2.09 bits per heavy atom. The van der Waals surface area contributed by atoms with Gasteiger partial charge in [-0.1, -0.05) is 17.3 Å². The largest absolute Gasteiger partial charge is 0.490 e. The van der Waals surface area contributed by atoms with Crippen molar-refractivity contribution in [1.29, 1.82) is 0 Å². The molecule has 1 aromatic carbocycles. The number of rotatable bonds is 7. The van der Waals surface area contributed by atoms with Crippen LogP contribution >= 0.6 is 0 Å².